The highest BCUT2D eigenvalue weighted by Gasteiger charge is 2.43. The van der Waals surface area contributed by atoms with E-state index in [0.717, 1.165) is 0 Å². The molecule has 1 rings (SSSR count). The summed E-state index contributed by atoms with van der Waals surface area (Å²) in [5, 5.41) is 9.10. The Morgan fingerprint density at radius 3 is 2.69 bits per heavy atom. The highest BCUT2D eigenvalue weighted by Crippen LogP contribution is 2.25. The topological polar surface area (TPSA) is 55.8 Å². The minimum Gasteiger partial charge on any atom is -0.460 e. The number of halogens is 4. The molecule has 0 spiro atoms. The van der Waals surface area contributed by atoms with Crippen LogP contribution in [0.5, 0.6) is 0 Å². The monoisotopic (exact) mass is 246 g/mol. The summed E-state index contributed by atoms with van der Waals surface area (Å²) < 4.78 is 56.2. The van der Waals surface area contributed by atoms with Gasteiger partial charge in [-0.15, -0.1) is 0 Å². The lowest BCUT2D eigenvalue weighted by atomic mass is 10.1. The Balaban J connectivity index is 2.40. The number of hydrogen-bond donors (Lipinski definition) is 1. The predicted molar refractivity (Wildman–Crippen MR) is 42.0 cm³/mol. The number of cyclic esters (lactones) is 1. The Kier molecular flexibility index (Phi) is 4.09. The molecule has 1 fully saturated rings. The van der Waals surface area contributed by atoms with Gasteiger partial charge >= 0.3 is 18.5 Å². The van der Waals surface area contributed by atoms with Gasteiger partial charge in [0.25, 0.3) is 0 Å². The summed E-state index contributed by atoms with van der Waals surface area (Å²) in [6.07, 6.45) is -11.0. The van der Waals surface area contributed by atoms with Crippen LogP contribution in [0.2, 0.25) is 0 Å². The normalized spacial score (nSPS) is 27.0. The molecule has 0 aromatic carbocycles. The van der Waals surface area contributed by atoms with Crippen LogP contribution in [0.15, 0.2) is 0 Å². The first-order valence-electron chi connectivity index (χ1n) is 4.48. The summed E-state index contributed by atoms with van der Waals surface area (Å²) in [5.41, 5.74) is 0. The van der Waals surface area contributed by atoms with Crippen molar-refractivity contribution in [3.63, 3.8) is 0 Å². The SMILES string of the molecule is O=C1CC(O)CC(COC(F)(F)C(F)F)O1. The first kappa shape index (κ1) is 13.2. The Morgan fingerprint density at radius 1 is 1.56 bits per heavy atom. The molecular weight excluding hydrogens is 236 g/mol. The van der Waals surface area contributed by atoms with Crippen molar-refractivity contribution in [2.45, 2.75) is 37.6 Å². The summed E-state index contributed by atoms with van der Waals surface area (Å²) >= 11 is 0. The van der Waals surface area contributed by atoms with Gasteiger partial charge in [0, 0.05) is 6.42 Å². The number of carbonyl (C=O) groups is 1. The Hall–Kier alpha value is -0.890. The number of rotatable bonds is 4. The first-order chi connectivity index (χ1) is 7.31. The van der Waals surface area contributed by atoms with Gasteiger partial charge in [0.05, 0.1) is 19.1 Å². The molecule has 0 radical (unpaired) electrons. The minimum atomic E-state index is -4.57. The average molecular weight is 246 g/mol. The van der Waals surface area contributed by atoms with Gasteiger partial charge in [0.15, 0.2) is 0 Å². The van der Waals surface area contributed by atoms with E-state index in [9.17, 15) is 22.4 Å². The standard InChI is InChI=1S/C8H10F4O4/c9-7(10)8(11,12)15-3-5-1-4(13)2-6(14)16-5/h4-5,7,13H,1-3H2. The minimum absolute atomic E-state index is 0.106. The van der Waals surface area contributed by atoms with Crippen molar-refractivity contribution >= 4 is 5.97 Å². The molecule has 1 aliphatic rings. The molecule has 1 saturated heterocycles. The third kappa shape index (κ3) is 3.60. The smallest absolute Gasteiger partial charge is 0.416 e. The molecule has 1 heterocycles. The average Bonchev–Trinajstić information content (AvgIpc) is 2.13. The van der Waals surface area contributed by atoms with Crippen LogP contribution < -0.4 is 0 Å². The zero-order valence-corrected chi connectivity index (χ0v) is 8.04. The fourth-order valence-electron chi connectivity index (χ4n) is 1.23. The van der Waals surface area contributed by atoms with Gasteiger partial charge in [0.2, 0.25) is 0 Å². The van der Waals surface area contributed by atoms with E-state index in [1.54, 1.807) is 0 Å². The van der Waals surface area contributed by atoms with Gasteiger partial charge in [-0.1, -0.05) is 0 Å². The lowest BCUT2D eigenvalue weighted by Crippen LogP contribution is -2.39. The molecule has 0 amide bonds. The van der Waals surface area contributed by atoms with E-state index in [-0.39, 0.29) is 12.8 Å². The van der Waals surface area contributed by atoms with Gasteiger partial charge in [-0.25, -0.2) is 8.78 Å². The number of ether oxygens (including phenoxy) is 2. The van der Waals surface area contributed by atoms with Gasteiger partial charge in [-0.2, -0.15) is 8.78 Å². The van der Waals surface area contributed by atoms with Crippen molar-refractivity contribution in [3.05, 3.63) is 0 Å². The van der Waals surface area contributed by atoms with Crippen molar-refractivity contribution < 1.29 is 36.9 Å². The quantitative estimate of drug-likeness (QED) is 0.592. The lowest BCUT2D eigenvalue weighted by Gasteiger charge is -2.27. The second kappa shape index (κ2) is 4.96. The molecule has 0 aliphatic carbocycles. The largest absolute Gasteiger partial charge is 0.460 e. The second-order valence-electron chi connectivity index (χ2n) is 3.38. The summed E-state index contributed by atoms with van der Waals surface area (Å²) in [6, 6.07) is 0. The van der Waals surface area contributed by atoms with Crippen LogP contribution in [-0.2, 0) is 14.3 Å². The molecule has 0 saturated carbocycles. The maximum absolute atomic E-state index is 12.3. The first-order valence-corrected chi connectivity index (χ1v) is 4.48. The maximum Gasteiger partial charge on any atom is 0.416 e. The molecule has 0 bridgehead atoms. The van der Waals surface area contributed by atoms with Crippen LogP contribution in [0.25, 0.3) is 0 Å². The zero-order chi connectivity index (χ0) is 12.3. The van der Waals surface area contributed by atoms with Gasteiger partial charge in [0.1, 0.15) is 6.10 Å². The van der Waals surface area contributed by atoms with Crippen LogP contribution in [0.3, 0.4) is 0 Å². The number of esters is 1. The molecule has 8 heteroatoms. The summed E-state index contributed by atoms with van der Waals surface area (Å²) in [5.74, 6) is -0.771. The molecule has 2 unspecified atom stereocenters. The van der Waals surface area contributed by atoms with Crippen LogP contribution in [0.4, 0.5) is 17.6 Å². The fourth-order valence-corrected chi connectivity index (χ4v) is 1.23. The summed E-state index contributed by atoms with van der Waals surface area (Å²) in [7, 11) is 0. The summed E-state index contributed by atoms with van der Waals surface area (Å²) in [6.45, 7) is -0.875. The van der Waals surface area contributed by atoms with E-state index >= 15 is 0 Å². The lowest BCUT2D eigenvalue weighted by molar-refractivity contribution is -0.308. The van der Waals surface area contributed by atoms with E-state index in [1.807, 2.05) is 0 Å². The van der Waals surface area contributed by atoms with E-state index in [0.29, 0.717) is 0 Å². The fraction of sp³-hybridized carbons (Fsp3) is 0.875. The van der Waals surface area contributed by atoms with E-state index in [4.69, 9.17) is 5.11 Å². The van der Waals surface area contributed by atoms with Crippen molar-refractivity contribution in [1.29, 1.82) is 0 Å². The van der Waals surface area contributed by atoms with Gasteiger partial charge < -0.3 is 14.6 Å². The number of alkyl halides is 4. The number of aliphatic hydroxyl groups is 1. The third-order valence-corrected chi connectivity index (χ3v) is 1.95. The highest BCUT2D eigenvalue weighted by atomic mass is 19.3. The number of hydrogen-bond acceptors (Lipinski definition) is 4. The van der Waals surface area contributed by atoms with Crippen molar-refractivity contribution in [2.24, 2.45) is 0 Å². The molecule has 0 aromatic heterocycles. The van der Waals surface area contributed by atoms with Crippen LogP contribution in [-0.4, -0.2) is 42.4 Å². The Bertz CT molecular complexity index is 258. The Labute approximate surface area is 88.1 Å². The molecule has 2 atom stereocenters. The third-order valence-electron chi connectivity index (χ3n) is 1.95. The van der Waals surface area contributed by atoms with Crippen molar-refractivity contribution in [3.8, 4) is 0 Å². The van der Waals surface area contributed by atoms with E-state index in [2.05, 4.69) is 9.47 Å². The molecule has 94 valence electrons. The van der Waals surface area contributed by atoms with Crippen molar-refractivity contribution in [2.75, 3.05) is 6.61 Å². The molecule has 16 heavy (non-hydrogen) atoms. The summed E-state index contributed by atoms with van der Waals surface area (Å²) in [4.78, 5) is 10.8. The molecular formula is C8H10F4O4. The van der Waals surface area contributed by atoms with Crippen LogP contribution in [0.1, 0.15) is 12.8 Å². The zero-order valence-electron chi connectivity index (χ0n) is 8.04. The van der Waals surface area contributed by atoms with E-state index in [1.165, 1.54) is 0 Å². The van der Waals surface area contributed by atoms with E-state index < -0.39 is 37.3 Å². The number of carbonyl (C=O) groups excluding carboxylic acids is 1. The molecule has 0 aromatic rings. The molecule has 4 nitrogen and oxygen atoms in total. The van der Waals surface area contributed by atoms with Crippen molar-refractivity contribution in [1.82, 2.24) is 0 Å². The van der Waals surface area contributed by atoms with Crippen LogP contribution >= 0.6 is 0 Å². The number of aliphatic hydroxyl groups excluding tert-OH is 1. The highest BCUT2D eigenvalue weighted by molar-refractivity contribution is 5.70. The second-order valence-corrected chi connectivity index (χ2v) is 3.38. The molecule has 1 N–H and O–H groups in total. The molecule has 1 aliphatic heterocycles. The predicted octanol–water partition coefficient (Wildman–Crippen LogP) is 0.927. The van der Waals surface area contributed by atoms with Gasteiger partial charge in [-0.3, -0.25) is 4.79 Å². The Morgan fingerprint density at radius 2 is 2.19 bits per heavy atom. The maximum atomic E-state index is 12.3. The van der Waals surface area contributed by atoms with Gasteiger partial charge in [-0.05, 0) is 0 Å². The van der Waals surface area contributed by atoms with Crippen LogP contribution in [0, 0.1) is 0 Å².